The van der Waals surface area contributed by atoms with Gasteiger partial charge in [0.25, 0.3) is 0 Å². The minimum Gasteiger partial charge on any atom is -0.314 e. The average molecular weight is 264 g/mol. The van der Waals surface area contributed by atoms with Gasteiger partial charge in [0.15, 0.2) is 0 Å². The Kier molecular flexibility index (Phi) is 3.46. The Morgan fingerprint density at radius 2 is 2.39 bits per heavy atom. The van der Waals surface area contributed by atoms with Gasteiger partial charge in [-0.05, 0) is 36.5 Å². The highest BCUT2D eigenvalue weighted by Gasteiger charge is 2.50. The Morgan fingerprint density at radius 1 is 1.50 bits per heavy atom. The van der Waals surface area contributed by atoms with Crippen molar-refractivity contribution in [3.63, 3.8) is 0 Å². The first-order chi connectivity index (χ1) is 8.68. The highest BCUT2D eigenvalue weighted by Crippen LogP contribution is 2.57. The number of aromatic nitrogens is 1. The third kappa shape index (κ3) is 2.35. The fourth-order valence-corrected chi connectivity index (χ4v) is 4.87. The van der Waals surface area contributed by atoms with Gasteiger partial charge < -0.3 is 5.32 Å². The van der Waals surface area contributed by atoms with Crippen LogP contribution in [0.15, 0.2) is 11.6 Å². The van der Waals surface area contributed by atoms with Gasteiger partial charge in [0.05, 0.1) is 5.01 Å². The smallest absolute Gasteiger partial charge is 0.0930 e. The van der Waals surface area contributed by atoms with Crippen LogP contribution >= 0.6 is 11.3 Å². The lowest BCUT2D eigenvalue weighted by molar-refractivity contribution is 0.152. The predicted octanol–water partition coefficient (Wildman–Crippen LogP) is 3.49. The normalized spacial score (nSPS) is 34.6. The Balaban J connectivity index is 1.75. The first-order valence-corrected chi connectivity index (χ1v) is 8.18. The van der Waals surface area contributed by atoms with Crippen LogP contribution in [0.25, 0.3) is 0 Å². The molecule has 2 nitrogen and oxygen atoms in total. The number of thiazole rings is 1. The molecule has 0 spiro atoms. The molecular formula is C15H24N2S. The molecule has 2 bridgehead atoms. The number of fused-ring (bicyclic) bond motifs is 2. The van der Waals surface area contributed by atoms with Crippen LogP contribution in [-0.2, 0) is 6.42 Å². The summed E-state index contributed by atoms with van der Waals surface area (Å²) in [5.74, 6) is 1.95. The van der Waals surface area contributed by atoms with Crippen molar-refractivity contribution >= 4 is 11.3 Å². The van der Waals surface area contributed by atoms with E-state index in [0.717, 1.165) is 11.8 Å². The number of rotatable bonds is 5. The summed E-state index contributed by atoms with van der Waals surface area (Å²) in [6.45, 7) is 5.69. The van der Waals surface area contributed by atoms with Crippen molar-refractivity contribution in [3.8, 4) is 0 Å². The molecule has 1 N–H and O–H groups in total. The molecule has 3 unspecified atom stereocenters. The molecule has 3 atom stereocenters. The molecule has 2 aliphatic carbocycles. The first kappa shape index (κ1) is 12.6. The van der Waals surface area contributed by atoms with E-state index >= 15 is 0 Å². The van der Waals surface area contributed by atoms with E-state index in [1.807, 2.05) is 17.5 Å². The summed E-state index contributed by atoms with van der Waals surface area (Å²) in [5.41, 5.74) is 0.505. The van der Waals surface area contributed by atoms with Crippen molar-refractivity contribution in [2.75, 3.05) is 6.54 Å². The molecule has 0 aliphatic heterocycles. The van der Waals surface area contributed by atoms with E-state index in [1.165, 1.54) is 43.7 Å². The number of hydrogen-bond donors (Lipinski definition) is 1. The second-order valence-corrected chi connectivity index (χ2v) is 7.56. The van der Waals surface area contributed by atoms with Gasteiger partial charge in [0, 0.05) is 30.6 Å². The fourth-order valence-electron chi connectivity index (χ4n) is 4.10. The molecule has 0 amide bonds. The standard InChI is InChI=1S/C15H24N2S/c1-11(2)17-10-15(9-14-16-5-6-18-14)8-12-3-4-13(15)7-12/h5-6,11-13,17H,3-4,7-10H2,1-2H3. The molecule has 2 fully saturated rings. The lowest BCUT2D eigenvalue weighted by atomic mass is 9.70. The Hall–Kier alpha value is -0.410. The molecule has 1 aromatic heterocycles. The minimum atomic E-state index is 0.505. The fraction of sp³-hybridized carbons (Fsp3) is 0.800. The summed E-state index contributed by atoms with van der Waals surface area (Å²) < 4.78 is 0. The number of nitrogens with zero attached hydrogens (tertiary/aromatic N) is 1. The van der Waals surface area contributed by atoms with Gasteiger partial charge in [-0.3, -0.25) is 0 Å². The zero-order valence-electron chi connectivity index (χ0n) is 11.5. The monoisotopic (exact) mass is 264 g/mol. The van der Waals surface area contributed by atoms with Crippen molar-refractivity contribution in [1.82, 2.24) is 10.3 Å². The maximum Gasteiger partial charge on any atom is 0.0930 e. The zero-order valence-corrected chi connectivity index (χ0v) is 12.3. The second kappa shape index (κ2) is 4.93. The van der Waals surface area contributed by atoms with Crippen LogP contribution in [0.4, 0.5) is 0 Å². The maximum absolute atomic E-state index is 4.53. The van der Waals surface area contributed by atoms with Crippen molar-refractivity contribution in [1.29, 1.82) is 0 Å². The molecule has 1 aromatic rings. The van der Waals surface area contributed by atoms with Gasteiger partial charge in [-0.15, -0.1) is 11.3 Å². The maximum atomic E-state index is 4.53. The van der Waals surface area contributed by atoms with E-state index in [9.17, 15) is 0 Å². The summed E-state index contributed by atoms with van der Waals surface area (Å²) in [6.07, 6.45) is 8.99. The lowest BCUT2D eigenvalue weighted by Gasteiger charge is -2.38. The van der Waals surface area contributed by atoms with Gasteiger partial charge >= 0.3 is 0 Å². The summed E-state index contributed by atoms with van der Waals surface area (Å²) in [4.78, 5) is 4.53. The molecule has 0 aromatic carbocycles. The molecule has 18 heavy (non-hydrogen) atoms. The van der Waals surface area contributed by atoms with E-state index in [1.54, 1.807) is 0 Å². The molecular weight excluding hydrogens is 240 g/mol. The van der Waals surface area contributed by atoms with Crippen LogP contribution in [0.5, 0.6) is 0 Å². The summed E-state index contributed by atoms with van der Waals surface area (Å²) in [5, 5.41) is 7.16. The lowest BCUT2D eigenvalue weighted by Crippen LogP contribution is -2.42. The molecule has 100 valence electrons. The van der Waals surface area contributed by atoms with Crippen molar-refractivity contribution in [2.45, 2.75) is 52.0 Å². The van der Waals surface area contributed by atoms with Crippen LogP contribution < -0.4 is 5.32 Å². The number of nitrogens with one attached hydrogen (secondary N) is 1. The molecule has 2 saturated carbocycles. The third-order valence-electron chi connectivity index (χ3n) is 4.95. The van der Waals surface area contributed by atoms with Crippen molar-refractivity contribution in [3.05, 3.63) is 16.6 Å². The van der Waals surface area contributed by atoms with E-state index < -0.39 is 0 Å². The SMILES string of the molecule is CC(C)NCC1(Cc2nccs2)CC2CCC1C2. The average Bonchev–Trinajstić information content (AvgIpc) is 3.02. The number of hydrogen-bond acceptors (Lipinski definition) is 3. The van der Waals surface area contributed by atoms with Gasteiger partial charge in [-0.1, -0.05) is 20.3 Å². The van der Waals surface area contributed by atoms with Crippen LogP contribution in [0, 0.1) is 17.3 Å². The molecule has 3 rings (SSSR count). The second-order valence-electron chi connectivity index (χ2n) is 6.58. The Labute approximate surface area is 114 Å². The zero-order chi connectivity index (χ0) is 12.6. The summed E-state index contributed by atoms with van der Waals surface area (Å²) in [7, 11) is 0. The quantitative estimate of drug-likeness (QED) is 0.880. The molecule has 0 radical (unpaired) electrons. The third-order valence-corrected chi connectivity index (χ3v) is 5.73. The van der Waals surface area contributed by atoms with Gasteiger partial charge in [-0.2, -0.15) is 0 Å². The van der Waals surface area contributed by atoms with Gasteiger partial charge in [-0.25, -0.2) is 4.98 Å². The molecule has 2 aliphatic rings. The highest BCUT2D eigenvalue weighted by atomic mass is 32.1. The molecule has 1 heterocycles. The van der Waals surface area contributed by atoms with Crippen molar-refractivity contribution in [2.24, 2.45) is 17.3 Å². The Bertz CT molecular complexity index is 387. The van der Waals surface area contributed by atoms with E-state index in [-0.39, 0.29) is 0 Å². The van der Waals surface area contributed by atoms with E-state index in [0.29, 0.717) is 11.5 Å². The summed E-state index contributed by atoms with van der Waals surface area (Å²) in [6, 6.07) is 0.595. The predicted molar refractivity (Wildman–Crippen MR) is 76.8 cm³/mol. The van der Waals surface area contributed by atoms with Crippen LogP contribution in [0.2, 0.25) is 0 Å². The molecule has 3 heteroatoms. The summed E-state index contributed by atoms with van der Waals surface area (Å²) >= 11 is 1.83. The van der Waals surface area contributed by atoms with Gasteiger partial charge in [0.1, 0.15) is 0 Å². The van der Waals surface area contributed by atoms with E-state index in [4.69, 9.17) is 0 Å². The van der Waals surface area contributed by atoms with Gasteiger partial charge in [0.2, 0.25) is 0 Å². The van der Waals surface area contributed by atoms with Crippen LogP contribution in [0.1, 0.15) is 44.5 Å². The van der Waals surface area contributed by atoms with Crippen LogP contribution in [-0.4, -0.2) is 17.6 Å². The Morgan fingerprint density at radius 3 is 2.94 bits per heavy atom. The van der Waals surface area contributed by atoms with Crippen LogP contribution in [0.3, 0.4) is 0 Å². The van der Waals surface area contributed by atoms with Crippen molar-refractivity contribution < 1.29 is 0 Å². The largest absolute Gasteiger partial charge is 0.314 e. The molecule has 0 saturated heterocycles. The van der Waals surface area contributed by atoms with E-state index in [2.05, 4.69) is 29.5 Å². The minimum absolute atomic E-state index is 0.505. The topological polar surface area (TPSA) is 24.9 Å². The highest BCUT2D eigenvalue weighted by molar-refractivity contribution is 7.09. The first-order valence-electron chi connectivity index (χ1n) is 7.30.